The van der Waals surface area contributed by atoms with Gasteiger partial charge in [-0.05, 0) is 12.1 Å². The van der Waals surface area contributed by atoms with Crippen LogP contribution in [0.25, 0.3) is 0 Å². The van der Waals surface area contributed by atoms with E-state index in [1.165, 1.54) is 6.07 Å². The van der Waals surface area contributed by atoms with Gasteiger partial charge in [0.25, 0.3) is 0 Å². The lowest BCUT2D eigenvalue weighted by molar-refractivity contribution is -0.147. The van der Waals surface area contributed by atoms with E-state index in [9.17, 15) is 9.18 Å². The number of hydrogen-bond acceptors (Lipinski definition) is 2. The van der Waals surface area contributed by atoms with E-state index in [0.29, 0.717) is 0 Å². The SMILES string of the molecule is O=C(O)C(O)c1ccc(Cl)cc1F. The molecule has 0 saturated carbocycles. The molecule has 13 heavy (non-hydrogen) atoms. The van der Waals surface area contributed by atoms with Crippen molar-refractivity contribution in [2.75, 3.05) is 0 Å². The maximum Gasteiger partial charge on any atom is 0.337 e. The van der Waals surface area contributed by atoms with Crippen LogP contribution in [0.5, 0.6) is 0 Å². The number of carbonyl (C=O) groups is 1. The van der Waals surface area contributed by atoms with Crippen LogP contribution in [0, 0.1) is 5.82 Å². The molecule has 0 spiro atoms. The Morgan fingerprint density at radius 1 is 1.54 bits per heavy atom. The predicted octanol–water partition coefficient (Wildman–Crippen LogP) is 1.60. The molecule has 2 N–H and O–H groups in total. The summed E-state index contributed by atoms with van der Waals surface area (Å²) in [5.74, 6) is -2.33. The molecular formula is C8H6ClFO3. The lowest BCUT2D eigenvalue weighted by Gasteiger charge is -2.06. The summed E-state index contributed by atoms with van der Waals surface area (Å²) in [5, 5.41) is 17.5. The summed E-state index contributed by atoms with van der Waals surface area (Å²) >= 11 is 5.43. The zero-order chi connectivity index (χ0) is 10.0. The van der Waals surface area contributed by atoms with Gasteiger partial charge in [0.1, 0.15) is 5.82 Å². The standard InChI is InChI=1S/C8H6ClFO3/c9-4-1-2-5(6(10)3-4)7(11)8(12)13/h1-3,7,11H,(H,12,13). The lowest BCUT2D eigenvalue weighted by Crippen LogP contribution is -2.11. The van der Waals surface area contributed by atoms with Crippen molar-refractivity contribution < 1.29 is 19.4 Å². The molecule has 1 atom stereocenters. The van der Waals surface area contributed by atoms with E-state index in [0.717, 1.165) is 12.1 Å². The average Bonchev–Trinajstić information content (AvgIpc) is 2.03. The molecule has 0 amide bonds. The molecular weight excluding hydrogens is 199 g/mol. The first kappa shape index (κ1) is 9.95. The highest BCUT2D eigenvalue weighted by Crippen LogP contribution is 2.20. The van der Waals surface area contributed by atoms with Gasteiger partial charge in [0.2, 0.25) is 0 Å². The summed E-state index contributed by atoms with van der Waals surface area (Å²) in [6, 6.07) is 3.39. The molecule has 1 aromatic carbocycles. The first-order valence-corrected chi connectivity index (χ1v) is 3.76. The summed E-state index contributed by atoms with van der Waals surface area (Å²) in [6.07, 6.45) is -1.85. The molecule has 3 nitrogen and oxygen atoms in total. The molecule has 1 unspecified atom stereocenters. The Hall–Kier alpha value is -1.13. The highest BCUT2D eigenvalue weighted by molar-refractivity contribution is 6.30. The van der Waals surface area contributed by atoms with Gasteiger partial charge in [-0.15, -0.1) is 0 Å². The molecule has 1 aromatic rings. The minimum atomic E-state index is -1.85. The van der Waals surface area contributed by atoms with Crippen LogP contribution in [0.3, 0.4) is 0 Å². The molecule has 1 rings (SSSR count). The van der Waals surface area contributed by atoms with Crippen molar-refractivity contribution in [1.29, 1.82) is 0 Å². The van der Waals surface area contributed by atoms with Gasteiger partial charge in [-0.25, -0.2) is 9.18 Å². The van der Waals surface area contributed by atoms with Gasteiger partial charge in [0, 0.05) is 10.6 Å². The van der Waals surface area contributed by atoms with Crippen molar-refractivity contribution in [3.63, 3.8) is 0 Å². The van der Waals surface area contributed by atoms with Crippen molar-refractivity contribution >= 4 is 17.6 Å². The van der Waals surface area contributed by atoms with Crippen molar-refractivity contribution in [3.05, 3.63) is 34.6 Å². The summed E-state index contributed by atoms with van der Waals surface area (Å²) in [6.45, 7) is 0. The second-order valence-corrected chi connectivity index (χ2v) is 2.84. The van der Waals surface area contributed by atoms with Gasteiger partial charge in [0.05, 0.1) is 0 Å². The molecule has 0 bridgehead atoms. The first-order chi connectivity index (χ1) is 6.02. The van der Waals surface area contributed by atoms with Crippen molar-refractivity contribution in [2.45, 2.75) is 6.10 Å². The minimum Gasteiger partial charge on any atom is -0.479 e. The van der Waals surface area contributed by atoms with Crippen molar-refractivity contribution in [2.24, 2.45) is 0 Å². The minimum absolute atomic E-state index is 0.152. The highest BCUT2D eigenvalue weighted by atomic mass is 35.5. The third kappa shape index (κ3) is 2.17. The third-order valence-electron chi connectivity index (χ3n) is 1.49. The van der Waals surface area contributed by atoms with E-state index >= 15 is 0 Å². The van der Waals surface area contributed by atoms with Gasteiger partial charge >= 0.3 is 5.97 Å². The zero-order valence-electron chi connectivity index (χ0n) is 6.37. The zero-order valence-corrected chi connectivity index (χ0v) is 7.12. The van der Waals surface area contributed by atoms with Gasteiger partial charge in [-0.3, -0.25) is 0 Å². The van der Waals surface area contributed by atoms with Gasteiger partial charge in [-0.1, -0.05) is 17.7 Å². The average molecular weight is 205 g/mol. The topological polar surface area (TPSA) is 57.5 Å². The molecule has 0 aromatic heterocycles. The number of aliphatic hydroxyl groups is 1. The molecule has 5 heteroatoms. The largest absolute Gasteiger partial charge is 0.479 e. The quantitative estimate of drug-likeness (QED) is 0.769. The molecule has 0 aliphatic rings. The van der Waals surface area contributed by atoms with Crippen molar-refractivity contribution in [3.8, 4) is 0 Å². The van der Waals surface area contributed by atoms with Gasteiger partial charge in [0.15, 0.2) is 6.10 Å². The van der Waals surface area contributed by atoms with E-state index in [2.05, 4.69) is 0 Å². The Morgan fingerprint density at radius 3 is 2.62 bits per heavy atom. The summed E-state index contributed by atoms with van der Waals surface area (Å²) in [4.78, 5) is 10.3. The van der Waals surface area contributed by atoms with Crippen molar-refractivity contribution in [1.82, 2.24) is 0 Å². The van der Waals surface area contributed by atoms with E-state index in [-0.39, 0.29) is 10.6 Å². The Balaban J connectivity index is 3.08. The maximum absolute atomic E-state index is 13.0. The summed E-state index contributed by atoms with van der Waals surface area (Å²) in [7, 11) is 0. The van der Waals surface area contributed by atoms with Crippen LogP contribution in [0.15, 0.2) is 18.2 Å². The van der Waals surface area contributed by atoms with E-state index in [1.54, 1.807) is 0 Å². The van der Waals surface area contributed by atoms with E-state index < -0.39 is 17.9 Å². The fourth-order valence-electron chi connectivity index (χ4n) is 0.856. The molecule has 70 valence electrons. The summed E-state index contributed by atoms with van der Waals surface area (Å²) < 4.78 is 13.0. The number of carboxylic acid groups (broad SMARTS) is 1. The number of aliphatic hydroxyl groups excluding tert-OH is 1. The molecule has 0 heterocycles. The van der Waals surface area contributed by atoms with Gasteiger partial charge in [-0.2, -0.15) is 0 Å². The number of rotatable bonds is 2. The normalized spacial score (nSPS) is 12.5. The Kier molecular flexibility index (Phi) is 2.85. The molecule has 0 fully saturated rings. The molecule has 0 saturated heterocycles. The number of benzene rings is 1. The van der Waals surface area contributed by atoms with Crippen LogP contribution >= 0.6 is 11.6 Å². The Morgan fingerprint density at radius 2 is 2.15 bits per heavy atom. The summed E-state index contributed by atoms with van der Waals surface area (Å²) in [5.41, 5.74) is -0.295. The Labute approximate surface area is 78.4 Å². The van der Waals surface area contributed by atoms with Crippen LogP contribution in [-0.4, -0.2) is 16.2 Å². The monoisotopic (exact) mass is 204 g/mol. The van der Waals surface area contributed by atoms with Crippen LogP contribution in [0.2, 0.25) is 5.02 Å². The van der Waals surface area contributed by atoms with E-state index in [4.69, 9.17) is 21.8 Å². The second kappa shape index (κ2) is 3.72. The Bertz CT molecular complexity index is 340. The van der Waals surface area contributed by atoms with E-state index in [1.807, 2.05) is 0 Å². The van der Waals surface area contributed by atoms with Gasteiger partial charge < -0.3 is 10.2 Å². The predicted molar refractivity (Wildman–Crippen MR) is 44.0 cm³/mol. The van der Waals surface area contributed by atoms with Crippen LogP contribution in [0.1, 0.15) is 11.7 Å². The number of carboxylic acids is 1. The highest BCUT2D eigenvalue weighted by Gasteiger charge is 2.19. The van der Waals surface area contributed by atoms with Crippen LogP contribution in [0.4, 0.5) is 4.39 Å². The fourth-order valence-corrected chi connectivity index (χ4v) is 1.02. The first-order valence-electron chi connectivity index (χ1n) is 3.38. The smallest absolute Gasteiger partial charge is 0.337 e. The number of aliphatic carboxylic acids is 1. The molecule has 0 aliphatic carbocycles. The lowest BCUT2D eigenvalue weighted by atomic mass is 10.1. The fraction of sp³-hybridized carbons (Fsp3) is 0.125. The second-order valence-electron chi connectivity index (χ2n) is 2.41. The van der Waals surface area contributed by atoms with Crippen LogP contribution in [-0.2, 0) is 4.79 Å². The molecule has 0 aliphatic heterocycles. The number of hydrogen-bond donors (Lipinski definition) is 2. The van der Waals surface area contributed by atoms with Crippen LogP contribution < -0.4 is 0 Å². The molecule has 0 radical (unpaired) electrons. The maximum atomic E-state index is 13.0. The number of halogens is 2. The third-order valence-corrected chi connectivity index (χ3v) is 1.73.